The summed E-state index contributed by atoms with van der Waals surface area (Å²) in [6, 6.07) is 0. The molecule has 1 aromatic rings. The van der Waals surface area contributed by atoms with Gasteiger partial charge in [-0.05, 0) is 25.7 Å². The van der Waals surface area contributed by atoms with E-state index in [4.69, 9.17) is 5.73 Å². The Morgan fingerprint density at radius 1 is 1.35 bits per heavy atom. The molecule has 0 aromatic carbocycles. The van der Waals surface area contributed by atoms with E-state index in [0.717, 1.165) is 31.3 Å². The highest BCUT2D eigenvalue weighted by atomic mass is 32.1. The van der Waals surface area contributed by atoms with E-state index in [9.17, 15) is 4.79 Å². The molecule has 1 saturated heterocycles. The van der Waals surface area contributed by atoms with Gasteiger partial charge in [0, 0.05) is 26.2 Å². The second-order valence-corrected chi connectivity index (χ2v) is 6.53. The fraction of sp³-hybridized carbons (Fsp3) is 0.714. The summed E-state index contributed by atoms with van der Waals surface area (Å²) in [7, 11) is 0. The highest BCUT2D eigenvalue weighted by Crippen LogP contribution is 2.31. The maximum absolute atomic E-state index is 12.6. The van der Waals surface area contributed by atoms with E-state index in [1.54, 1.807) is 0 Å². The summed E-state index contributed by atoms with van der Waals surface area (Å²) >= 11 is 1.41. The first-order valence-corrected chi connectivity index (χ1v) is 8.10. The zero-order valence-electron chi connectivity index (χ0n) is 12.7. The third-order valence-electron chi connectivity index (χ3n) is 4.15. The minimum Gasteiger partial charge on any atom is -0.382 e. The predicted molar refractivity (Wildman–Crippen MR) is 84.3 cm³/mol. The van der Waals surface area contributed by atoms with Crippen molar-refractivity contribution >= 4 is 28.2 Å². The smallest absolute Gasteiger partial charge is 0.267 e. The summed E-state index contributed by atoms with van der Waals surface area (Å²) in [6.07, 6.45) is 0. The van der Waals surface area contributed by atoms with Gasteiger partial charge in [0.25, 0.3) is 5.91 Å². The fourth-order valence-corrected chi connectivity index (χ4v) is 3.62. The molecule has 2 heterocycles. The van der Waals surface area contributed by atoms with Crippen molar-refractivity contribution in [3.63, 3.8) is 0 Å². The van der Waals surface area contributed by atoms with Gasteiger partial charge in [-0.15, -0.1) is 0 Å². The van der Waals surface area contributed by atoms with Crippen LogP contribution in [0.2, 0.25) is 0 Å². The van der Waals surface area contributed by atoms with E-state index in [1.807, 2.05) is 4.90 Å². The molecule has 0 bridgehead atoms. The van der Waals surface area contributed by atoms with E-state index in [0.29, 0.717) is 22.5 Å². The molecule has 2 rings (SSSR count). The lowest BCUT2D eigenvalue weighted by Crippen LogP contribution is -2.28. The van der Waals surface area contributed by atoms with Crippen LogP contribution in [0.5, 0.6) is 0 Å². The van der Waals surface area contributed by atoms with Gasteiger partial charge >= 0.3 is 0 Å². The Morgan fingerprint density at radius 3 is 2.40 bits per heavy atom. The van der Waals surface area contributed by atoms with Gasteiger partial charge in [0.2, 0.25) is 0 Å². The summed E-state index contributed by atoms with van der Waals surface area (Å²) in [6.45, 7) is 11.9. The van der Waals surface area contributed by atoms with Gasteiger partial charge in [-0.2, -0.15) is 0 Å². The van der Waals surface area contributed by atoms with Crippen LogP contribution in [-0.4, -0.2) is 42.0 Å². The molecule has 0 spiro atoms. The first kappa shape index (κ1) is 15.1. The molecule has 2 atom stereocenters. The maximum atomic E-state index is 12.6. The van der Waals surface area contributed by atoms with Crippen LogP contribution in [-0.2, 0) is 0 Å². The summed E-state index contributed by atoms with van der Waals surface area (Å²) in [5, 5.41) is 0.844. The van der Waals surface area contributed by atoms with Gasteiger partial charge < -0.3 is 15.5 Å². The van der Waals surface area contributed by atoms with Crippen LogP contribution >= 0.6 is 11.3 Å². The summed E-state index contributed by atoms with van der Waals surface area (Å²) < 4.78 is 0. The zero-order valence-corrected chi connectivity index (χ0v) is 13.5. The van der Waals surface area contributed by atoms with Gasteiger partial charge in [0.05, 0.1) is 0 Å². The quantitative estimate of drug-likeness (QED) is 0.926. The van der Waals surface area contributed by atoms with Crippen LogP contribution in [0.3, 0.4) is 0 Å². The zero-order chi connectivity index (χ0) is 14.9. The van der Waals surface area contributed by atoms with E-state index < -0.39 is 0 Å². The molecule has 1 amide bonds. The van der Waals surface area contributed by atoms with E-state index in [2.05, 4.69) is 37.6 Å². The number of hydrogen-bond donors (Lipinski definition) is 1. The van der Waals surface area contributed by atoms with Crippen LogP contribution in [0.15, 0.2) is 0 Å². The molecule has 6 heteroatoms. The van der Waals surface area contributed by atoms with Crippen molar-refractivity contribution in [1.82, 2.24) is 9.88 Å². The number of rotatable bonds is 4. The number of amides is 1. The van der Waals surface area contributed by atoms with Gasteiger partial charge in [0.15, 0.2) is 5.13 Å². The van der Waals surface area contributed by atoms with Gasteiger partial charge in [-0.25, -0.2) is 4.98 Å². The number of thiazole rings is 1. The molecule has 0 aliphatic carbocycles. The fourth-order valence-electron chi connectivity index (χ4n) is 2.54. The van der Waals surface area contributed by atoms with Crippen LogP contribution < -0.4 is 10.6 Å². The van der Waals surface area contributed by atoms with E-state index >= 15 is 0 Å². The lowest BCUT2D eigenvalue weighted by Gasteiger charge is -2.16. The minimum atomic E-state index is 0.0367. The molecule has 1 aliphatic heterocycles. The average Bonchev–Trinajstić information content (AvgIpc) is 2.95. The van der Waals surface area contributed by atoms with Crippen molar-refractivity contribution in [3.05, 3.63) is 4.88 Å². The lowest BCUT2D eigenvalue weighted by molar-refractivity contribution is 0.0790. The number of nitrogens with two attached hydrogens (primary N) is 1. The van der Waals surface area contributed by atoms with Gasteiger partial charge in [0.1, 0.15) is 10.7 Å². The van der Waals surface area contributed by atoms with Crippen LogP contribution in [0, 0.1) is 11.8 Å². The molecule has 112 valence electrons. The predicted octanol–water partition coefficient (Wildman–Crippen LogP) is 2.30. The molecular weight excluding hydrogens is 272 g/mol. The standard InChI is InChI=1S/C14H24N4OS/c1-5-17(6-2)14-16-12(15)11(20-14)13(19)18-7-9(3)10(4)8-18/h9-10H,5-8,15H2,1-4H3. The Labute approximate surface area is 124 Å². The Morgan fingerprint density at radius 2 is 1.90 bits per heavy atom. The molecule has 1 aromatic heterocycles. The minimum absolute atomic E-state index is 0.0367. The molecule has 5 nitrogen and oxygen atoms in total. The van der Waals surface area contributed by atoms with Gasteiger partial charge in [-0.1, -0.05) is 25.2 Å². The summed E-state index contributed by atoms with van der Waals surface area (Å²) in [5.41, 5.74) is 5.95. The molecule has 1 fully saturated rings. The number of aromatic nitrogens is 1. The maximum Gasteiger partial charge on any atom is 0.267 e. The monoisotopic (exact) mass is 296 g/mol. The Hall–Kier alpha value is -1.30. The number of nitrogens with zero attached hydrogens (tertiary/aromatic N) is 3. The third-order valence-corrected chi connectivity index (χ3v) is 5.27. The first-order valence-electron chi connectivity index (χ1n) is 7.28. The second-order valence-electron chi connectivity index (χ2n) is 5.55. The molecule has 0 saturated carbocycles. The van der Waals surface area contributed by atoms with Crippen LogP contribution in [0.1, 0.15) is 37.4 Å². The second kappa shape index (κ2) is 5.99. The molecular formula is C14H24N4OS. The average molecular weight is 296 g/mol. The van der Waals surface area contributed by atoms with Crippen molar-refractivity contribution in [2.24, 2.45) is 11.8 Å². The SMILES string of the molecule is CCN(CC)c1nc(N)c(C(=O)N2CC(C)C(C)C2)s1. The van der Waals surface area contributed by atoms with Crippen LogP contribution in [0.25, 0.3) is 0 Å². The van der Waals surface area contributed by atoms with Crippen molar-refractivity contribution < 1.29 is 4.79 Å². The number of hydrogen-bond acceptors (Lipinski definition) is 5. The topological polar surface area (TPSA) is 62.5 Å². The Bertz CT molecular complexity index is 474. The number of nitrogen functional groups attached to an aromatic ring is 1. The van der Waals surface area contributed by atoms with E-state index in [-0.39, 0.29) is 5.91 Å². The molecule has 1 aliphatic rings. The number of anilines is 2. The largest absolute Gasteiger partial charge is 0.382 e. The third kappa shape index (κ3) is 2.75. The van der Waals surface area contributed by atoms with Crippen LogP contribution in [0.4, 0.5) is 10.9 Å². The van der Waals surface area contributed by atoms with E-state index in [1.165, 1.54) is 11.3 Å². The number of carbonyl (C=O) groups is 1. The number of likely N-dealkylation sites (tertiary alicyclic amines) is 1. The molecule has 0 radical (unpaired) electrons. The first-order chi connectivity index (χ1) is 9.47. The number of carbonyl (C=O) groups excluding carboxylic acids is 1. The van der Waals surface area contributed by atoms with Crippen molar-refractivity contribution in [2.45, 2.75) is 27.7 Å². The Kier molecular flexibility index (Phi) is 4.52. The molecule has 2 unspecified atom stereocenters. The summed E-state index contributed by atoms with van der Waals surface area (Å²) in [4.78, 5) is 21.5. The lowest BCUT2D eigenvalue weighted by atomic mass is 10.0. The molecule has 20 heavy (non-hydrogen) atoms. The Balaban J connectivity index is 2.19. The van der Waals surface area contributed by atoms with Gasteiger partial charge in [-0.3, -0.25) is 4.79 Å². The van der Waals surface area contributed by atoms with Crippen molar-refractivity contribution in [1.29, 1.82) is 0 Å². The summed E-state index contributed by atoms with van der Waals surface area (Å²) in [5.74, 6) is 1.51. The van der Waals surface area contributed by atoms with Crippen molar-refractivity contribution in [2.75, 3.05) is 36.8 Å². The van der Waals surface area contributed by atoms with Crippen molar-refractivity contribution in [3.8, 4) is 0 Å². The highest BCUT2D eigenvalue weighted by Gasteiger charge is 2.32. The molecule has 2 N–H and O–H groups in total. The normalized spacial score (nSPS) is 22.3. The highest BCUT2D eigenvalue weighted by molar-refractivity contribution is 7.18.